The lowest BCUT2D eigenvalue weighted by molar-refractivity contribution is -0.147. The van der Waals surface area contributed by atoms with Gasteiger partial charge in [0.25, 0.3) is 0 Å². The molecule has 0 N–H and O–H groups in total. The predicted octanol–water partition coefficient (Wildman–Crippen LogP) is 5.44. The molecule has 0 aromatic heterocycles. The molecule has 0 radical (unpaired) electrons. The average Bonchev–Trinajstić information content (AvgIpc) is 2.81. The summed E-state index contributed by atoms with van der Waals surface area (Å²) < 4.78 is 10.3. The van der Waals surface area contributed by atoms with Crippen LogP contribution in [0.4, 0.5) is 0 Å². The van der Waals surface area contributed by atoms with E-state index in [0.29, 0.717) is 19.6 Å². The lowest BCUT2D eigenvalue weighted by Crippen LogP contribution is -2.13. The van der Waals surface area contributed by atoms with E-state index in [-0.39, 0.29) is 17.9 Å². The van der Waals surface area contributed by atoms with Gasteiger partial charge in [0.2, 0.25) is 0 Å². The number of esters is 2. The Balaban J connectivity index is 0.000000235. The molecule has 4 heteroatoms. The van der Waals surface area contributed by atoms with Crippen molar-refractivity contribution in [2.75, 3.05) is 13.2 Å². The fraction of sp³-hybridized carbons (Fsp3) is 0.286. The van der Waals surface area contributed by atoms with Crippen LogP contribution in [0, 0.1) is 5.92 Å². The maximum absolute atomic E-state index is 11.6. The molecule has 0 unspecified atom stereocenters. The maximum Gasteiger partial charge on any atom is 0.310 e. The number of benzene rings is 3. The van der Waals surface area contributed by atoms with Crippen molar-refractivity contribution in [3.8, 4) is 0 Å². The first kappa shape index (κ1) is 24.9. The highest BCUT2D eigenvalue weighted by Gasteiger charge is 2.07. The molecule has 32 heavy (non-hydrogen) atoms. The van der Waals surface area contributed by atoms with Crippen LogP contribution in [0.5, 0.6) is 0 Å². The molecule has 0 aliphatic rings. The van der Waals surface area contributed by atoms with Crippen LogP contribution >= 0.6 is 0 Å². The fourth-order valence-electron chi connectivity index (χ4n) is 2.82. The van der Waals surface area contributed by atoms with Crippen molar-refractivity contribution < 1.29 is 19.1 Å². The molecule has 0 heterocycles. The Morgan fingerprint density at radius 2 is 1.03 bits per heavy atom. The van der Waals surface area contributed by atoms with Crippen molar-refractivity contribution in [3.05, 3.63) is 108 Å². The third kappa shape index (κ3) is 10.6. The summed E-state index contributed by atoms with van der Waals surface area (Å²) in [6, 6.07) is 29.7. The minimum Gasteiger partial charge on any atom is -0.465 e. The van der Waals surface area contributed by atoms with Gasteiger partial charge < -0.3 is 9.47 Å². The highest BCUT2D eigenvalue weighted by molar-refractivity contribution is 5.72. The second kappa shape index (κ2) is 14.6. The van der Waals surface area contributed by atoms with Crippen LogP contribution in [-0.2, 0) is 38.3 Å². The number of carbonyl (C=O) groups is 2. The highest BCUT2D eigenvalue weighted by Crippen LogP contribution is 2.04. The molecule has 168 valence electrons. The first-order valence-electron chi connectivity index (χ1n) is 11.0. The largest absolute Gasteiger partial charge is 0.465 e. The Morgan fingerprint density at radius 3 is 1.47 bits per heavy atom. The van der Waals surface area contributed by atoms with Gasteiger partial charge in [0.15, 0.2) is 0 Å². The molecule has 0 aliphatic heterocycles. The summed E-state index contributed by atoms with van der Waals surface area (Å²) in [6.45, 7) is 4.59. The van der Waals surface area contributed by atoms with Gasteiger partial charge in [-0.25, -0.2) is 0 Å². The summed E-state index contributed by atoms with van der Waals surface area (Å²) in [7, 11) is 0. The van der Waals surface area contributed by atoms with Crippen LogP contribution in [0.15, 0.2) is 91.0 Å². The lowest BCUT2D eigenvalue weighted by Gasteiger charge is -2.06. The quantitative estimate of drug-likeness (QED) is 0.422. The molecule has 0 bridgehead atoms. The summed E-state index contributed by atoms with van der Waals surface area (Å²) in [5.41, 5.74) is 3.37. The zero-order valence-corrected chi connectivity index (χ0v) is 18.9. The predicted molar refractivity (Wildman–Crippen MR) is 127 cm³/mol. The van der Waals surface area contributed by atoms with E-state index < -0.39 is 0 Å². The first-order valence-corrected chi connectivity index (χ1v) is 11.0. The van der Waals surface area contributed by atoms with E-state index in [9.17, 15) is 9.59 Å². The number of hydrogen-bond acceptors (Lipinski definition) is 4. The van der Waals surface area contributed by atoms with Crippen molar-refractivity contribution in [1.29, 1.82) is 0 Å². The van der Waals surface area contributed by atoms with E-state index in [1.165, 1.54) is 11.1 Å². The Kier molecular flexibility index (Phi) is 11.3. The highest BCUT2D eigenvalue weighted by atomic mass is 16.5. The lowest BCUT2D eigenvalue weighted by atomic mass is 10.1. The molecule has 0 fully saturated rings. The summed E-state index contributed by atoms with van der Waals surface area (Å²) in [5, 5.41) is 0. The van der Waals surface area contributed by atoms with Gasteiger partial charge in [0.05, 0.1) is 25.6 Å². The number of rotatable bonds is 9. The van der Waals surface area contributed by atoms with E-state index in [1.807, 2.05) is 105 Å². The standard InChI is InChI=1S/C16H16O2.C12H16O2/c17-16(13-15-9-5-2-6-10-15)18-12-11-14-7-3-1-4-8-14;1-10(2)12(13)14-9-8-11-6-4-3-5-7-11/h1-10H,11-13H2;3-7,10H,8-9H2,1-2H3. The van der Waals surface area contributed by atoms with E-state index >= 15 is 0 Å². The molecule has 0 saturated heterocycles. The zero-order valence-electron chi connectivity index (χ0n) is 18.9. The van der Waals surface area contributed by atoms with Gasteiger partial charge >= 0.3 is 11.9 Å². The van der Waals surface area contributed by atoms with E-state index in [2.05, 4.69) is 0 Å². The summed E-state index contributed by atoms with van der Waals surface area (Å²) >= 11 is 0. The molecule has 0 saturated carbocycles. The average molecular weight is 433 g/mol. The second-order valence-electron chi connectivity index (χ2n) is 7.68. The van der Waals surface area contributed by atoms with E-state index in [0.717, 1.165) is 18.4 Å². The topological polar surface area (TPSA) is 52.6 Å². The monoisotopic (exact) mass is 432 g/mol. The molecule has 0 atom stereocenters. The van der Waals surface area contributed by atoms with Crippen molar-refractivity contribution in [2.24, 2.45) is 5.92 Å². The van der Waals surface area contributed by atoms with Crippen molar-refractivity contribution in [3.63, 3.8) is 0 Å². The fourth-order valence-corrected chi connectivity index (χ4v) is 2.82. The van der Waals surface area contributed by atoms with Gasteiger partial charge in [-0.3, -0.25) is 9.59 Å². The van der Waals surface area contributed by atoms with Gasteiger partial charge in [-0.2, -0.15) is 0 Å². The first-order chi connectivity index (χ1) is 15.5. The van der Waals surface area contributed by atoms with Crippen LogP contribution in [0.3, 0.4) is 0 Å². The van der Waals surface area contributed by atoms with Crippen LogP contribution in [-0.4, -0.2) is 25.2 Å². The van der Waals surface area contributed by atoms with Crippen molar-refractivity contribution in [1.82, 2.24) is 0 Å². The molecule has 0 amide bonds. The minimum absolute atomic E-state index is 0.0363. The maximum atomic E-state index is 11.6. The Labute approximate surface area is 191 Å². The van der Waals surface area contributed by atoms with Crippen LogP contribution in [0.1, 0.15) is 30.5 Å². The van der Waals surface area contributed by atoms with Gasteiger partial charge in [0, 0.05) is 12.8 Å². The van der Waals surface area contributed by atoms with E-state index in [1.54, 1.807) is 0 Å². The molecular formula is C28H32O4. The molecule has 3 rings (SSSR count). The van der Waals surface area contributed by atoms with Gasteiger partial charge in [-0.1, -0.05) is 105 Å². The molecular weight excluding hydrogens is 400 g/mol. The normalized spacial score (nSPS) is 10.1. The van der Waals surface area contributed by atoms with Crippen LogP contribution in [0.25, 0.3) is 0 Å². The Bertz CT molecular complexity index is 906. The summed E-state index contributed by atoms with van der Waals surface area (Å²) in [5.74, 6) is -0.330. The zero-order chi connectivity index (χ0) is 23.0. The molecule has 4 nitrogen and oxygen atoms in total. The molecule has 3 aromatic carbocycles. The third-order valence-electron chi connectivity index (χ3n) is 4.64. The minimum atomic E-state index is -0.169. The number of hydrogen-bond donors (Lipinski definition) is 0. The van der Waals surface area contributed by atoms with Gasteiger partial charge in [-0.15, -0.1) is 0 Å². The van der Waals surface area contributed by atoms with Gasteiger partial charge in [-0.05, 0) is 16.7 Å². The SMILES string of the molecule is CC(C)C(=O)OCCc1ccccc1.O=C(Cc1ccccc1)OCCc1ccccc1. The summed E-state index contributed by atoms with van der Waals surface area (Å²) in [6.07, 6.45) is 1.90. The van der Waals surface area contributed by atoms with Crippen LogP contribution in [0.2, 0.25) is 0 Å². The molecule has 0 spiro atoms. The van der Waals surface area contributed by atoms with E-state index in [4.69, 9.17) is 9.47 Å². The number of carbonyl (C=O) groups excluding carboxylic acids is 2. The number of ether oxygens (including phenoxy) is 2. The molecule has 0 aliphatic carbocycles. The van der Waals surface area contributed by atoms with Crippen LogP contribution < -0.4 is 0 Å². The summed E-state index contributed by atoms with van der Waals surface area (Å²) in [4.78, 5) is 22.7. The third-order valence-corrected chi connectivity index (χ3v) is 4.64. The second-order valence-corrected chi connectivity index (χ2v) is 7.68. The Hall–Kier alpha value is -3.40. The van der Waals surface area contributed by atoms with Crippen molar-refractivity contribution >= 4 is 11.9 Å². The van der Waals surface area contributed by atoms with Crippen molar-refractivity contribution in [2.45, 2.75) is 33.1 Å². The molecule has 3 aromatic rings. The Morgan fingerprint density at radius 1 is 0.625 bits per heavy atom. The smallest absolute Gasteiger partial charge is 0.310 e. The van der Waals surface area contributed by atoms with Gasteiger partial charge in [0.1, 0.15) is 0 Å².